The van der Waals surface area contributed by atoms with Crippen LogP contribution >= 0.6 is 23.2 Å². The Bertz CT molecular complexity index is 352. The summed E-state index contributed by atoms with van der Waals surface area (Å²) in [7, 11) is 0. The lowest BCUT2D eigenvalue weighted by Gasteiger charge is -2.07. The van der Waals surface area contributed by atoms with Crippen molar-refractivity contribution in [1.29, 1.82) is 0 Å². The molecule has 0 heterocycles. The van der Waals surface area contributed by atoms with Crippen LogP contribution in [-0.2, 0) is 4.79 Å². The van der Waals surface area contributed by atoms with E-state index in [9.17, 15) is 4.79 Å². The third-order valence-electron chi connectivity index (χ3n) is 1.67. The van der Waals surface area contributed by atoms with Gasteiger partial charge in [-0.3, -0.25) is 4.79 Å². The number of halogens is 2. The molecular weight excluding hydrogens is 251 g/mol. The van der Waals surface area contributed by atoms with Crippen molar-refractivity contribution in [3.8, 4) is 5.75 Å². The van der Waals surface area contributed by atoms with Gasteiger partial charge in [0.2, 0.25) is 0 Å². The second kappa shape index (κ2) is 6.58. The average molecular weight is 263 g/mol. The third kappa shape index (κ3) is 4.70. The van der Waals surface area contributed by atoms with Gasteiger partial charge in [-0.1, -0.05) is 23.2 Å². The summed E-state index contributed by atoms with van der Waals surface area (Å²) in [6.45, 7) is 0.740. The van der Waals surface area contributed by atoms with Crippen LogP contribution in [0.4, 0.5) is 0 Å². The summed E-state index contributed by atoms with van der Waals surface area (Å²) in [6.07, 6.45) is 0. The number of benzene rings is 1. The molecule has 6 heteroatoms. The van der Waals surface area contributed by atoms with Gasteiger partial charge in [-0.05, 0) is 18.2 Å². The van der Waals surface area contributed by atoms with Crippen LogP contribution in [0.15, 0.2) is 18.2 Å². The molecule has 0 saturated carbocycles. The Hall–Kier alpha value is -0.970. The zero-order valence-corrected chi connectivity index (χ0v) is 10.0. The van der Waals surface area contributed by atoms with E-state index in [-0.39, 0.29) is 12.5 Å². The molecule has 0 spiro atoms. The molecule has 1 aromatic carbocycles. The Morgan fingerprint density at radius 1 is 1.31 bits per heavy atom. The molecule has 0 unspecified atom stereocenters. The molecule has 0 aliphatic carbocycles. The first-order valence-corrected chi connectivity index (χ1v) is 5.43. The topological polar surface area (TPSA) is 64.3 Å². The number of carbonyl (C=O) groups is 1. The predicted molar refractivity (Wildman–Crippen MR) is 64.0 cm³/mol. The Kier molecular flexibility index (Phi) is 5.38. The second-order valence-corrected chi connectivity index (χ2v) is 3.91. The number of ether oxygens (including phenoxy) is 1. The molecule has 88 valence electrons. The van der Waals surface area contributed by atoms with Crippen LogP contribution in [0, 0.1) is 0 Å². The second-order valence-electron chi connectivity index (χ2n) is 3.03. The number of nitrogens with one attached hydrogen (secondary N) is 1. The number of amides is 1. The fourth-order valence-corrected chi connectivity index (χ4v) is 1.53. The highest BCUT2D eigenvalue weighted by Crippen LogP contribution is 2.23. The zero-order valence-electron chi connectivity index (χ0n) is 8.50. The molecule has 0 radical (unpaired) electrons. The molecule has 0 bridgehead atoms. The van der Waals surface area contributed by atoms with Crippen molar-refractivity contribution in [2.45, 2.75) is 0 Å². The van der Waals surface area contributed by atoms with E-state index in [2.05, 4.69) is 5.32 Å². The van der Waals surface area contributed by atoms with Crippen molar-refractivity contribution in [1.82, 2.24) is 5.32 Å². The molecule has 0 fully saturated rings. The van der Waals surface area contributed by atoms with Gasteiger partial charge in [0.05, 0.1) is 0 Å². The van der Waals surface area contributed by atoms with E-state index in [1.165, 1.54) is 0 Å². The van der Waals surface area contributed by atoms with Crippen LogP contribution in [0.5, 0.6) is 5.75 Å². The SMILES string of the molecule is NCCNC(=O)COc1cc(Cl)cc(Cl)c1. The minimum Gasteiger partial charge on any atom is -0.484 e. The first-order valence-electron chi connectivity index (χ1n) is 4.67. The van der Waals surface area contributed by atoms with Crippen molar-refractivity contribution in [3.05, 3.63) is 28.2 Å². The van der Waals surface area contributed by atoms with Gasteiger partial charge in [0.1, 0.15) is 5.75 Å². The number of carbonyl (C=O) groups excluding carboxylic acids is 1. The van der Waals surface area contributed by atoms with E-state index in [1.54, 1.807) is 18.2 Å². The summed E-state index contributed by atoms with van der Waals surface area (Å²) in [4.78, 5) is 11.2. The average Bonchev–Trinajstić information content (AvgIpc) is 2.22. The smallest absolute Gasteiger partial charge is 0.257 e. The number of hydrogen-bond acceptors (Lipinski definition) is 3. The first-order chi connectivity index (χ1) is 7.61. The molecule has 0 atom stereocenters. The minimum atomic E-state index is -0.235. The zero-order chi connectivity index (χ0) is 12.0. The maximum absolute atomic E-state index is 11.2. The van der Waals surface area contributed by atoms with Gasteiger partial charge < -0.3 is 15.8 Å². The molecule has 4 nitrogen and oxygen atoms in total. The lowest BCUT2D eigenvalue weighted by molar-refractivity contribution is -0.123. The highest BCUT2D eigenvalue weighted by molar-refractivity contribution is 6.34. The molecular formula is C10H12Cl2N2O2. The highest BCUT2D eigenvalue weighted by Gasteiger charge is 2.03. The van der Waals surface area contributed by atoms with Gasteiger partial charge in [0.25, 0.3) is 5.91 Å². The van der Waals surface area contributed by atoms with Crippen LogP contribution in [0.1, 0.15) is 0 Å². The van der Waals surface area contributed by atoms with E-state index < -0.39 is 0 Å². The summed E-state index contributed by atoms with van der Waals surface area (Å²) in [5.74, 6) is 0.224. The van der Waals surface area contributed by atoms with Crippen molar-refractivity contribution in [2.75, 3.05) is 19.7 Å². The first kappa shape index (κ1) is 13.1. The summed E-state index contributed by atoms with van der Waals surface area (Å²) < 4.78 is 5.20. The van der Waals surface area contributed by atoms with Gasteiger partial charge in [-0.2, -0.15) is 0 Å². The van der Waals surface area contributed by atoms with E-state index in [0.717, 1.165) is 0 Å². The molecule has 3 N–H and O–H groups in total. The minimum absolute atomic E-state index is 0.0866. The number of hydrogen-bond donors (Lipinski definition) is 2. The van der Waals surface area contributed by atoms with Gasteiger partial charge >= 0.3 is 0 Å². The Morgan fingerprint density at radius 3 is 2.50 bits per heavy atom. The van der Waals surface area contributed by atoms with Crippen molar-refractivity contribution in [3.63, 3.8) is 0 Å². The Morgan fingerprint density at radius 2 is 1.94 bits per heavy atom. The fraction of sp³-hybridized carbons (Fsp3) is 0.300. The molecule has 1 amide bonds. The van der Waals surface area contributed by atoms with E-state index in [4.69, 9.17) is 33.7 Å². The molecule has 16 heavy (non-hydrogen) atoms. The third-order valence-corrected chi connectivity index (χ3v) is 2.11. The van der Waals surface area contributed by atoms with Crippen molar-refractivity contribution >= 4 is 29.1 Å². The van der Waals surface area contributed by atoms with Crippen LogP contribution < -0.4 is 15.8 Å². The molecule has 0 aliphatic heterocycles. The van der Waals surface area contributed by atoms with Crippen LogP contribution in [-0.4, -0.2) is 25.6 Å². The Balaban J connectivity index is 2.45. The summed E-state index contributed by atoms with van der Waals surface area (Å²) in [5.41, 5.74) is 5.23. The fourth-order valence-electron chi connectivity index (χ4n) is 1.02. The van der Waals surface area contributed by atoms with E-state index in [0.29, 0.717) is 28.9 Å². The summed E-state index contributed by atoms with van der Waals surface area (Å²) in [5, 5.41) is 3.50. The molecule has 1 rings (SSSR count). The van der Waals surface area contributed by atoms with Gasteiger partial charge in [-0.15, -0.1) is 0 Å². The highest BCUT2D eigenvalue weighted by atomic mass is 35.5. The van der Waals surface area contributed by atoms with Crippen LogP contribution in [0.3, 0.4) is 0 Å². The normalized spacial score (nSPS) is 9.94. The quantitative estimate of drug-likeness (QED) is 0.845. The van der Waals surface area contributed by atoms with Gasteiger partial charge in [0.15, 0.2) is 6.61 Å². The molecule has 1 aromatic rings. The largest absolute Gasteiger partial charge is 0.484 e. The summed E-state index contributed by atoms with van der Waals surface area (Å²) >= 11 is 11.5. The predicted octanol–water partition coefficient (Wildman–Crippen LogP) is 1.45. The monoisotopic (exact) mass is 262 g/mol. The standard InChI is InChI=1S/C10H12Cl2N2O2/c11-7-3-8(12)5-9(4-7)16-6-10(15)14-2-1-13/h3-5H,1-2,6,13H2,(H,14,15). The molecule has 0 aromatic heterocycles. The molecule has 0 aliphatic rings. The maximum atomic E-state index is 11.2. The van der Waals surface area contributed by atoms with E-state index in [1.807, 2.05) is 0 Å². The van der Waals surface area contributed by atoms with Crippen molar-refractivity contribution < 1.29 is 9.53 Å². The maximum Gasteiger partial charge on any atom is 0.257 e. The molecule has 0 saturated heterocycles. The lowest BCUT2D eigenvalue weighted by atomic mass is 10.3. The van der Waals surface area contributed by atoms with Gasteiger partial charge in [0, 0.05) is 23.1 Å². The van der Waals surface area contributed by atoms with Crippen molar-refractivity contribution in [2.24, 2.45) is 5.73 Å². The van der Waals surface area contributed by atoms with Crippen LogP contribution in [0.2, 0.25) is 10.0 Å². The Labute approximate surface area is 104 Å². The van der Waals surface area contributed by atoms with E-state index >= 15 is 0 Å². The van der Waals surface area contributed by atoms with Crippen LogP contribution in [0.25, 0.3) is 0 Å². The number of rotatable bonds is 5. The lowest BCUT2D eigenvalue weighted by Crippen LogP contribution is -2.32. The van der Waals surface area contributed by atoms with Gasteiger partial charge in [-0.25, -0.2) is 0 Å². The summed E-state index contributed by atoms with van der Waals surface area (Å²) in [6, 6.07) is 4.76. The number of nitrogens with two attached hydrogens (primary N) is 1.